The third kappa shape index (κ3) is 3.66. The zero-order chi connectivity index (χ0) is 16.9. The van der Waals surface area contributed by atoms with E-state index in [1.165, 1.54) is 0 Å². The summed E-state index contributed by atoms with van der Waals surface area (Å²) in [5.74, 6) is -0.0434. The van der Waals surface area contributed by atoms with E-state index in [0.29, 0.717) is 12.8 Å². The summed E-state index contributed by atoms with van der Waals surface area (Å²) in [4.78, 5) is 12.0. The van der Waals surface area contributed by atoms with Crippen molar-refractivity contribution < 1.29 is 9.90 Å². The van der Waals surface area contributed by atoms with Gasteiger partial charge in [-0.25, -0.2) is 0 Å². The molecule has 1 aromatic heterocycles. The molecule has 0 bridgehead atoms. The zero-order valence-electron chi connectivity index (χ0n) is 13.8. The van der Waals surface area contributed by atoms with E-state index >= 15 is 0 Å². The van der Waals surface area contributed by atoms with E-state index in [1.807, 2.05) is 72.4 Å². The van der Waals surface area contributed by atoms with Crippen molar-refractivity contribution in [3.63, 3.8) is 0 Å². The van der Waals surface area contributed by atoms with Crippen LogP contribution in [0.4, 0.5) is 0 Å². The summed E-state index contributed by atoms with van der Waals surface area (Å²) < 4.78 is 1.99. The number of aromatic nitrogens is 1. The van der Waals surface area contributed by atoms with Gasteiger partial charge in [0.05, 0.1) is 6.10 Å². The Morgan fingerprint density at radius 2 is 1.83 bits per heavy atom. The minimum Gasteiger partial charge on any atom is -0.386 e. The van der Waals surface area contributed by atoms with Crippen LogP contribution in [0.25, 0.3) is 10.9 Å². The summed E-state index contributed by atoms with van der Waals surface area (Å²) in [6, 6.07) is 17.9. The average molecular weight is 322 g/mol. The molecule has 4 heteroatoms. The van der Waals surface area contributed by atoms with Gasteiger partial charge in [-0.05, 0) is 18.1 Å². The lowest BCUT2D eigenvalue weighted by atomic mass is 10.1. The first kappa shape index (κ1) is 16.3. The Hall–Kier alpha value is -2.59. The molecule has 0 radical (unpaired) electrons. The van der Waals surface area contributed by atoms with Crippen molar-refractivity contribution in [1.29, 1.82) is 0 Å². The second kappa shape index (κ2) is 7.32. The van der Waals surface area contributed by atoms with Crippen molar-refractivity contribution in [2.24, 2.45) is 7.05 Å². The molecule has 0 saturated heterocycles. The van der Waals surface area contributed by atoms with Gasteiger partial charge in [0.15, 0.2) is 0 Å². The number of para-hydroxylation sites is 1. The Morgan fingerprint density at radius 1 is 1.12 bits per heavy atom. The van der Waals surface area contributed by atoms with E-state index in [9.17, 15) is 9.90 Å². The number of nitrogens with zero attached hydrogens (tertiary/aromatic N) is 1. The lowest BCUT2D eigenvalue weighted by Crippen LogP contribution is -2.28. The molecule has 2 N–H and O–H groups in total. The van der Waals surface area contributed by atoms with E-state index in [0.717, 1.165) is 22.0 Å². The first-order valence-corrected chi connectivity index (χ1v) is 8.18. The summed E-state index contributed by atoms with van der Waals surface area (Å²) in [5, 5.41) is 14.3. The maximum absolute atomic E-state index is 12.0. The van der Waals surface area contributed by atoms with Crippen LogP contribution < -0.4 is 5.32 Å². The van der Waals surface area contributed by atoms with Gasteiger partial charge in [0.25, 0.3) is 0 Å². The van der Waals surface area contributed by atoms with Gasteiger partial charge in [-0.3, -0.25) is 4.79 Å². The van der Waals surface area contributed by atoms with Gasteiger partial charge in [-0.1, -0.05) is 48.5 Å². The van der Waals surface area contributed by atoms with Gasteiger partial charge in [0.1, 0.15) is 0 Å². The molecule has 4 nitrogen and oxygen atoms in total. The van der Waals surface area contributed by atoms with Crippen molar-refractivity contribution in [3.8, 4) is 0 Å². The van der Waals surface area contributed by atoms with Gasteiger partial charge in [-0.15, -0.1) is 0 Å². The molecule has 1 amide bonds. The first-order valence-electron chi connectivity index (χ1n) is 8.18. The van der Waals surface area contributed by atoms with Crippen LogP contribution >= 0.6 is 0 Å². The number of hydrogen-bond donors (Lipinski definition) is 2. The highest BCUT2D eigenvalue weighted by Crippen LogP contribution is 2.25. The van der Waals surface area contributed by atoms with Crippen LogP contribution in [0.5, 0.6) is 0 Å². The quantitative estimate of drug-likeness (QED) is 0.733. The fourth-order valence-electron chi connectivity index (χ4n) is 2.95. The smallest absolute Gasteiger partial charge is 0.220 e. The number of aliphatic hydroxyl groups excluding tert-OH is 1. The number of hydrogen-bond acceptors (Lipinski definition) is 2. The Morgan fingerprint density at radius 3 is 2.62 bits per heavy atom. The highest BCUT2D eigenvalue weighted by Gasteiger charge is 2.15. The van der Waals surface area contributed by atoms with E-state index in [4.69, 9.17) is 0 Å². The molecule has 124 valence electrons. The molecule has 24 heavy (non-hydrogen) atoms. The minimum absolute atomic E-state index is 0.0434. The number of fused-ring (bicyclic) bond motifs is 1. The lowest BCUT2D eigenvalue weighted by Gasteiger charge is -2.11. The normalized spacial score (nSPS) is 12.2. The second-order valence-corrected chi connectivity index (χ2v) is 6.02. The fourth-order valence-corrected chi connectivity index (χ4v) is 2.95. The van der Waals surface area contributed by atoms with E-state index < -0.39 is 6.10 Å². The molecule has 0 aliphatic rings. The standard InChI is InChI=1S/C20H22N2O2/c1-22-14-17(16-9-5-6-10-18(16)22)19(23)13-21-20(24)12-11-15-7-3-2-4-8-15/h2-10,14,19,23H,11-13H2,1H3,(H,21,24). The van der Waals surface area contributed by atoms with Crippen LogP contribution in [0, 0.1) is 0 Å². The third-order valence-corrected chi connectivity index (χ3v) is 4.26. The van der Waals surface area contributed by atoms with Gasteiger partial charge in [0.2, 0.25) is 5.91 Å². The molecular formula is C20H22N2O2. The molecule has 2 aromatic carbocycles. The van der Waals surface area contributed by atoms with E-state index in [2.05, 4.69) is 5.32 Å². The summed E-state index contributed by atoms with van der Waals surface area (Å²) in [6.45, 7) is 0.224. The molecule has 1 heterocycles. The number of aryl methyl sites for hydroxylation is 2. The number of amides is 1. The molecule has 1 unspecified atom stereocenters. The molecule has 0 aliphatic carbocycles. The van der Waals surface area contributed by atoms with Gasteiger partial charge in [0, 0.05) is 42.7 Å². The molecule has 0 saturated carbocycles. The van der Waals surface area contributed by atoms with Crippen LogP contribution in [0.15, 0.2) is 60.8 Å². The lowest BCUT2D eigenvalue weighted by molar-refractivity contribution is -0.121. The molecular weight excluding hydrogens is 300 g/mol. The molecule has 1 atom stereocenters. The monoisotopic (exact) mass is 322 g/mol. The highest BCUT2D eigenvalue weighted by atomic mass is 16.3. The van der Waals surface area contributed by atoms with Crippen LogP contribution in [0.2, 0.25) is 0 Å². The Balaban J connectivity index is 1.56. The zero-order valence-corrected chi connectivity index (χ0v) is 13.8. The number of nitrogens with one attached hydrogen (secondary N) is 1. The molecule has 0 aliphatic heterocycles. The van der Waals surface area contributed by atoms with Crippen LogP contribution in [0.1, 0.15) is 23.7 Å². The van der Waals surface area contributed by atoms with Crippen molar-refractivity contribution >= 4 is 16.8 Å². The van der Waals surface area contributed by atoms with Crippen LogP contribution in [-0.2, 0) is 18.3 Å². The average Bonchev–Trinajstić information content (AvgIpc) is 2.96. The maximum Gasteiger partial charge on any atom is 0.220 e. The van der Waals surface area contributed by atoms with Gasteiger partial charge in [-0.2, -0.15) is 0 Å². The predicted octanol–water partition coefficient (Wildman–Crippen LogP) is 2.96. The largest absolute Gasteiger partial charge is 0.386 e. The van der Waals surface area contributed by atoms with Crippen LogP contribution in [-0.4, -0.2) is 22.1 Å². The fraction of sp³-hybridized carbons (Fsp3) is 0.250. The van der Waals surface area contributed by atoms with Gasteiger partial charge >= 0.3 is 0 Å². The first-order chi connectivity index (χ1) is 11.6. The second-order valence-electron chi connectivity index (χ2n) is 6.02. The summed E-state index contributed by atoms with van der Waals surface area (Å²) in [7, 11) is 1.96. The molecule has 0 fully saturated rings. The van der Waals surface area contributed by atoms with Crippen molar-refractivity contribution in [3.05, 3.63) is 71.9 Å². The van der Waals surface area contributed by atoms with Gasteiger partial charge < -0.3 is 15.0 Å². The highest BCUT2D eigenvalue weighted by molar-refractivity contribution is 5.84. The summed E-state index contributed by atoms with van der Waals surface area (Å²) in [6.07, 6.45) is 2.34. The van der Waals surface area contributed by atoms with E-state index in [1.54, 1.807) is 0 Å². The minimum atomic E-state index is -0.711. The van der Waals surface area contributed by atoms with Crippen molar-refractivity contribution in [2.45, 2.75) is 18.9 Å². The number of carbonyl (C=O) groups excluding carboxylic acids is 1. The topological polar surface area (TPSA) is 54.3 Å². The maximum atomic E-state index is 12.0. The number of benzene rings is 2. The van der Waals surface area contributed by atoms with Crippen molar-refractivity contribution in [2.75, 3.05) is 6.54 Å². The Labute approximate surface area is 141 Å². The Bertz CT molecular complexity index is 824. The number of aliphatic hydroxyl groups is 1. The Kier molecular flexibility index (Phi) is 4.96. The predicted molar refractivity (Wildman–Crippen MR) is 95.7 cm³/mol. The summed E-state index contributed by atoms with van der Waals surface area (Å²) in [5.41, 5.74) is 3.06. The summed E-state index contributed by atoms with van der Waals surface area (Å²) >= 11 is 0. The number of rotatable bonds is 6. The molecule has 0 spiro atoms. The third-order valence-electron chi connectivity index (χ3n) is 4.26. The van der Waals surface area contributed by atoms with E-state index in [-0.39, 0.29) is 12.5 Å². The molecule has 3 rings (SSSR count). The SMILES string of the molecule is Cn1cc(C(O)CNC(=O)CCc2ccccc2)c2ccccc21. The van der Waals surface area contributed by atoms with Crippen LogP contribution in [0.3, 0.4) is 0 Å². The number of carbonyl (C=O) groups is 1. The van der Waals surface area contributed by atoms with Crippen molar-refractivity contribution in [1.82, 2.24) is 9.88 Å². The molecule has 3 aromatic rings.